The largest absolute Gasteiger partial charge is 0.356 e. The number of para-hydroxylation sites is 1. The van der Waals surface area contributed by atoms with E-state index in [-0.39, 0.29) is 17.5 Å². The van der Waals surface area contributed by atoms with Gasteiger partial charge in [0.1, 0.15) is 11.5 Å². The monoisotopic (exact) mass is 477 g/mol. The first-order valence-corrected chi connectivity index (χ1v) is 11.7. The highest BCUT2D eigenvalue weighted by Gasteiger charge is 2.18. The van der Waals surface area contributed by atoms with Crippen LogP contribution in [0.1, 0.15) is 35.0 Å². The molecule has 0 atom stereocenters. The second kappa shape index (κ2) is 10.4. The summed E-state index contributed by atoms with van der Waals surface area (Å²) >= 11 is 1.33. The van der Waals surface area contributed by atoms with Gasteiger partial charge in [-0.2, -0.15) is 5.10 Å². The van der Waals surface area contributed by atoms with Crippen molar-refractivity contribution in [1.29, 1.82) is 0 Å². The van der Waals surface area contributed by atoms with Crippen LogP contribution in [-0.2, 0) is 11.2 Å². The normalized spacial score (nSPS) is 10.8. The molecule has 0 aliphatic carbocycles. The average molecular weight is 478 g/mol. The predicted molar refractivity (Wildman–Crippen MR) is 131 cm³/mol. The van der Waals surface area contributed by atoms with Crippen molar-refractivity contribution >= 4 is 28.3 Å². The minimum absolute atomic E-state index is 0.0177. The van der Waals surface area contributed by atoms with Gasteiger partial charge in [-0.15, -0.1) is 11.3 Å². The van der Waals surface area contributed by atoms with Gasteiger partial charge in [-0.05, 0) is 37.5 Å². The van der Waals surface area contributed by atoms with Gasteiger partial charge in [0.2, 0.25) is 5.91 Å². The van der Waals surface area contributed by atoms with Gasteiger partial charge in [-0.1, -0.05) is 36.4 Å². The molecular weight excluding hydrogens is 453 g/mol. The number of carbonyl (C=O) groups excluding carboxylic acids is 2. The van der Waals surface area contributed by atoms with Crippen molar-refractivity contribution < 1.29 is 14.0 Å². The van der Waals surface area contributed by atoms with E-state index in [0.29, 0.717) is 22.9 Å². The number of aryl methyl sites for hydroxylation is 1. The number of nitrogens with zero attached hydrogens (tertiary/aromatic N) is 3. The lowest BCUT2D eigenvalue weighted by Crippen LogP contribution is -2.21. The lowest BCUT2D eigenvalue weighted by Gasteiger charge is -2.06. The van der Waals surface area contributed by atoms with Crippen molar-refractivity contribution in [1.82, 2.24) is 20.1 Å². The van der Waals surface area contributed by atoms with Gasteiger partial charge in [0.15, 0.2) is 5.13 Å². The van der Waals surface area contributed by atoms with E-state index >= 15 is 0 Å². The van der Waals surface area contributed by atoms with Crippen molar-refractivity contribution in [3.05, 3.63) is 82.7 Å². The second-order valence-corrected chi connectivity index (χ2v) is 8.64. The van der Waals surface area contributed by atoms with Crippen molar-refractivity contribution in [2.75, 3.05) is 11.9 Å². The molecule has 0 bridgehead atoms. The summed E-state index contributed by atoms with van der Waals surface area (Å²) in [5.41, 5.74) is 4.07. The van der Waals surface area contributed by atoms with Crippen LogP contribution >= 0.6 is 11.3 Å². The Balaban J connectivity index is 1.40. The number of nitrogens with one attached hydrogen (secondary N) is 2. The lowest BCUT2D eigenvalue weighted by molar-refractivity contribution is -0.118. The van der Waals surface area contributed by atoms with Crippen LogP contribution in [0.15, 0.2) is 60.1 Å². The summed E-state index contributed by atoms with van der Waals surface area (Å²) in [6.07, 6.45) is 3.17. The first-order chi connectivity index (χ1) is 16.4. The summed E-state index contributed by atoms with van der Waals surface area (Å²) < 4.78 is 15.5. The minimum atomic E-state index is -0.413. The third-order valence-electron chi connectivity index (χ3n) is 5.33. The van der Waals surface area contributed by atoms with E-state index in [1.165, 1.54) is 40.8 Å². The zero-order valence-corrected chi connectivity index (χ0v) is 19.7. The fraction of sp³-hybridized carbons (Fsp3) is 0.200. The van der Waals surface area contributed by atoms with E-state index in [9.17, 15) is 14.0 Å². The van der Waals surface area contributed by atoms with Gasteiger partial charge in [-0.25, -0.2) is 14.1 Å². The number of benzene rings is 2. The van der Waals surface area contributed by atoms with Gasteiger partial charge >= 0.3 is 0 Å². The maximum absolute atomic E-state index is 14.1. The standard InChI is InChI=1S/C25H24FN5O2S/c1-16-20(14-28-31(16)23-8-4-3-7-21(23)26)24(33)30-25-29-22(15-34-25)19-11-9-18(10-12-19)6-5-13-27-17(2)32/h3-4,7-12,14-15H,5-6,13H2,1-2H3,(H,27,32)(H,29,30,33). The average Bonchev–Trinajstić information content (AvgIpc) is 3.44. The maximum Gasteiger partial charge on any atom is 0.260 e. The predicted octanol–water partition coefficient (Wildman–Crippen LogP) is 4.76. The first-order valence-electron chi connectivity index (χ1n) is 10.8. The van der Waals surface area contributed by atoms with Crippen LogP contribution in [0.2, 0.25) is 0 Å². The molecule has 2 aromatic heterocycles. The van der Waals surface area contributed by atoms with Crippen LogP contribution in [0.3, 0.4) is 0 Å². The molecule has 0 saturated carbocycles. The number of anilines is 1. The molecule has 0 spiro atoms. The van der Waals surface area contributed by atoms with Crippen molar-refractivity contribution in [3.8, 4) is 16.9 Å². The van der Waals surface area contributed by atoms with E-state index in [4.69, 9.17) is 0 Å². The lowest BCUT2D eigenvalue weighted by atomic mass is 10.1. The minimum Gasteiger partial charge on any atom is -0.356 e. The molecule has 2 amide bonds. The van der Waals surface area contributed by atoms with Crippen LogP contribution in [0.5, 0.6) is 0 Å². The van der Waals surface area contributed by atoms with E-state index < -0.39 is 5.82 Å². The molecule has 0 aliphatic rings. The Morgan fingerprint density at radius 2 is 1.88 bits per heavy atom. The molecule has 0 radical (unpaired) electrons. The number of hydrogen-bond donors (Lipinski definition) is 2. The highest BCUT2D eigenvalue weighted by atomic mass is 32.1. The van der Waals surface area contributed by atoms with Gasteiger partial charge in [0.05, 0.1) is 23.1 Å². The topological polar surface area (TPSA) is 88.9 Å². The summed E-state index contributed by atoms with van der Waals surface area (Å²) in [6, 6.07) is 14.4. The summed E-state index contributed by atoms with van der Waals surface area (Å²) in [5.74, 6) is -0.782. The van der Waals surface area contributed by atoms with Crippen LogP contribution in [-0.4, -0.2) is 33.1 Å². The fourth-order valence-corrected chi connectivity index (χ4v) is 4.24. The van der Waals surface area contributed by atoms with Gasteiger partial charge in [0, 0.05) is 24.4 Å². The van der Waals surface area contributed by atoms with Crippen LogP contribution < -0.4 is 10.6 Å². The number of rotatable bonds is 8. The van der Waals surface area contributed by atoms with Crippen molar-refractivity contribution in [2.24, 2.45) is 0 Å². The number of thiazole rings is 1. The first kappa shape index (κ1) is 23.3. The summed E-state index contributed by atoms with van der Waals surface area (Å²) in [7, 11) is 0. The molecule has 2 heterocycles. The van der Waals surface area contributed by atoms with Gasteiger partial charge < -0.3 is 5.32 Å². The van der Waals surface area contributed by atoms with Crippen molar-refractivity contribution in [2.45, 2.75) is 26.7 Å². The molecule has 174 valence electrons. The Morgan fingerprint density at radius 1 is 1.12 bits per heavy atom. The van der Waals surface area contributed by atoms with Gasteiger partial charge in [-0.3, -0.25) is 14.9 Å². The number of amides is 2. The molecule has 9 heteroatoms. The van der Waals surface area contributed by atoms with E-state index in [2.05, 4.69) is 20.7 Å². The molecule has 2 N–H and O–H groups in total. The highest BCUT2D eigenvalue weighted by molar-refractivity contribution is 7.14. The molecule has 0 fully saturated rings. The van der Waals surface area contributed by atoms with E-state index in [1.807, 2.05) is 29.6 Å². The van der Waals surface area contributed by atoms with Gasteiger partial charge in [0.25, 0.3) is 5.91 Å². The zero-order chi connectivity index (χ0) is 24.1. The zero-order valence-electron chi connectivity index (χ0n) is 18.8. The number of hydrogen-bond acceptors (Lipinski definition) is 5. The Labute approximate surface area is 200 Å². The van der Waals surface area contributed by atoms with E-state index in [1.54, 1.807) is 25.1 Å². The third kappa shape index (κ3) is 5.37. The van der Waals surface area contributed by atoms with Crippen molar-refractivity contribution in [3.63, 3.8) is 0 Å². The molecule has 0 saturated heterocycles. The summed E-state index contributed by atoms with van der Waals surface area (Å²) in [4.78, 5) is 28.3. The molecule has 7 nitrogen and oxygen atoms in total. The summed E-state index contributed by atoms with van der Waals surface area (Å²) in [6.45, 7) is 3.89. The smallest absolute Gasteiger partial charge is 0.260 e. The second-order valence-electron chi connectivity index (χ2n) is 7.78. The molecule has 34 heavy (non-hydrogen) atoms. The van der Waals surface area contributed by atoms with Crippen LogP contribution in [0.25, 0.3) is 16.9 Å². The summed E-state index contributed by atoms with van der Waals surface area (Å²) in [5, 5.41) is 12.1. The fourth-order valence-electron chi connectivity index (χ4n) is 3.53. The van der Waals surface area contributed by atoms with Crippen LogP contribution in [0, 0.1) is 12.7 Å². The molecule has 2 aromatic carbocycles. The SMILES string of the molecule is CC(=O)NCCCc1ccc(-c2csc(NC(=O)c3cnn(-c4ccccc4F)c3C)n2)cc1. The Morgan fingerprint density at radius 3 is 2.62 bits per heavy atom. The molecule has 0 aliphatic heterocycles. The third-order valence-corrected chi connectivity index (χ3v) is 6.08. The molecule has 4 aromatic rings. The Hall–Kier alpha value is -3.85. The Bertz CT molecular complexity index is 1310. The molecule has 4 rings (SSSR count). The quantitative estimate of drug-likeness (QED) is 0.358. The molecular formula is C25H24FN5O2S. The highest BCUT2D eigenvalue weighted by Crippen LogP contribution is 2.26. The maximum atomic E-state index is 14.1. The van der Waals surface area contributed by atoms with Crippen LogP contribution in [0.4, 0.5) is 9.52 Å². The molecule has 0 unspecified atom stereocenters. The Kier molecular flexibility index (Phi) is 7.12. The number of carbonyl (C=O) groups is 2. The number of aromatic nitrogens is 3. The van der Waals surface area contributed by atoms with E-state index in [0.717, 1.165) is 24.1 Å². The number of halogens is 1.